The van der Waals surface area contributed by atoms with Gasteiger partial charge >= 0.3 is 5.97 Å². The molecular formula is C38H34Cl2N2O3. The summed E-state index contributed by atoms with van der Waals surface area (Å²) < 4.78 is 10.1. The first-order valence-electron chi connectivity index (χ1n) is 15.4. The molecule has 6 rings (SSSR count). The van der Waals surface area contributed by atoms with Gasteiger partial charge in [-0.15, -0.1) is 0 Å². The van der Waals surface area contributed by atoms with E-state index in [1.807, 2.05) is 91.1 Å². The third-order valence-corrected chi connectivity index (χ3v) is 8.65. The molecular weight excluding hydrogens is 603 g/mol. The predicted molar refractivity (Wildman–Crippen MR) is 185 cm³/mol. The molecule has 0 atom stereocenters. The third kappa shape index (κ3) is 6.42. The van der Waals surface area contributed by atoms with Gasteiger partial charge in [-0.3, -0.25) is 4.79 Å². The Morgan fingerprint density at radius 2 is 1.16 bits per heavy atom. The molecule has 0 amide bonds. The summed E-state index contributed by atoms with van der Waals surface area (Å²) in [5.41, 5.74) is 5.89. The molecule has 0 N–H and O–H groups in total. The third-order valence-electron chi connectivity index (χ3n) is 8.18. The van der Waals surface area contributed by atoms with Gasteiger partial charge in [-0.2, -0.15) is 0 Å². The Morgan fingerprint density at radius 3 is 1.71 bits per heavy atom. The van der Waals surface area contributed by atoms with Crippen LogP contribution in [0.4, 0.5) is 0 Å². The van der Waals surface area contributed by atoms with Crippen molar-refractivity contribution in [1.29, 1.82) is 0 Å². The minimum Gasteiger partial charge on any atom is -0.418 e. The highest BCUT2D eigenvalue weighted by Crippen LogP contribution is 2.35. The quantitative estimate of drug-likeness (QED) is 0.0807. The molecule has 0 saturated heterocycles. The number of carbonyl (C=O) groups excluding carboxylic acids is 2. The zero-order valence-electron chi connectivity index (χ0n) is 25.4. The number of ketones is 1. The van der Waals surface area contributed by atoms with Crippen LogP contribution in [0, 0.1) is 0 Å². The van der Waals surface area contributed by atoms with Crippen LogP contribution in [-0.4, -0.2) is 20.9 Å². The number of ether oxygens (including phenoxy) is 1. The molecule has 0 aliphatic heterocycles. The average Bonchev–Trinajstić information content (AvgIpc) is 3.59. The molecule has 0 radical (unpaired) electrons. The number of fused-ring (bicyclic) bond motifs is 2. The molecule has 0 fully saturated rings. The van der Waals surface area contributed by atoms with Crippen LogP contribution < -0.4 is 4.74 Å². The van der Waals surface area contributed by atoms with E-state index in [1.165, 1.54) is 0 Å². The van der Waals surface area contributed by atoms with E-state index in [1.54, 1.807) is 6.20 Å². The van der Waals surface area contributed by atoms with Gasteiger partial charge in [0, 0.05) is 51.8 Å². The fourth-order valence-electron chi connectivity index (χ4n) is 5.80. The Labute approximate surface area is 272 Å². The maximum Gasteiger partial charge on any atom is 0.385 e. The first kappa shape index (κ1) is 30.7. The molecule has 0 aliphatic rings. The lowest BCUT2D eigenvalue weighted by Gasteiger charge is -2.07. The minimum atomic E-state index is -0.916. The number of unbranched alkanes of at least 4 members (excludes halogenated alkanes) is 2. The molecule has 5 nitrogen and oxygen atoms in total. The number of rotatable bonds is 11. The summed E-state index contributed by atoms with van der Waals surface area (Å²) in [5, 5.41) is 2.74. The van der Waals surface area contributed by atoms with Gasteiger partial charge in [0.15, 0.2) is 5.75 Å². The number of nitrogens with zero attached hydrogens (tertiary/aromatic N) is 2. The topological polar surface area (TPSA) is 53.2 Å². The minimum absolute atomic E-state index is 0.323. The number of halogens is 2. The Kier molecular flexibility index (Phi) is 9.11. The van der Waals surface area contributed by atoms with Crippen molar-refractivity contribution in [3.63, 3.8) is 0 Å². The van der Waals surface area contributed by atoms with Gasteiger partial charge in [0.05, 0.1) is 11.1 Å². The van der Waals surface area contributed by atoms with Crippen molar-refractivity contribution in [2.45, 2.75) is 52.6 Å². The number of aryl methyl sites for hydroxylation is 2. The fourth-order valence-corrected chi connectivity index (χ4v) is 6.18. The van der Waals surface area contributed by atoms with Crippen LogP contribution in [0.1, 0.15) is 49.9 Å². The van der Waals surface area contributed by atoms with Crippen molar-refractivity contribution in [2.24, 2.45) is 0 Å². The van der Waals surface area contributed by atoms with Gasteiger partial charge in [0.25, 0.3) is 5.78 Å². The Balaban J connectivity index is 1.38. The van der Waals surface area contributed by atoms with E-state index >= 15 is 0 Å². The maximum absolute atomic E-state index is 13.9. The summed E-state index contributed by atoms with van der Waals surface area (Å²) >= 11 is 12.5. The van der Waals surface area contributed by atoms with E-state index in [-0.39, 0.29) is 0 Å². The summed E-state index contributed by atoms with van der Waals surface area (Å²) in [6.07, 6.45) is 7.56. The number of hydrogen-bond acceptors (Lipinski definition) is 3. The molecule has 6 aromatic rings. The second kappa shape index (κ2) is 13.4. The standard InChI is InChI=1S/C38H34Cl2N2O3/c1-3-5-17-41-23-33(31-21-27(13-15-34(31)41)25-9-7-11-29(39)19-25)37(43)38(44)45-36-24-42(18-6-4-2)35-16-14-28(22-32(35)36)26-10-8-12-30(40)20-26/h7-16,19-24H,3-6,17-18H2,1-2H3. The van der Waals surface area contributed by atoms with Crippen molar-refractivity contribution in [1.82, 2.24) is 9.13 Å². The molecule has 228 valence electrons. The molecule has 2 heterocycles. The van der Waals surface area contributed by atoms with Crippen molar-refractivity contribution >= 4 is 56.8 Å². The summed E-state index contributed by atoms with van der Waals surface area (Å²) in [6.45, 7) is 5.77. The number of carbonyl (C=O) groups is 2. The lowest BCUT2D eigenvalue weighted by molar-refractivity contribution is -0.129. The number of benzene rings is 4. The van der Waals surface area contributed by atoms with Crippen LogP contribution >= 0.6 is 23.2 Å². The van der Waals surface area contributed by atoms with E-state index in [0.29, 0.717) is 26.7 Å². The average molecular weight is 638 g/mol. The van der Waals surface area contributed by atoms with Crippen LogP contribution in [0.3, 0.4) is 0 Å². The summed E-state index contributed by atoms with van der Waals surface area (Å²) in [4.78, 5) is 27.5. The molecule has 7 heteroatoms. The van der Waals surface area contributed by atoms with Crippen molar-refractivity contribution < 1.29 is 14.3 Å². The van der Waals surface area contributed by atoms with Gasteiger partial charge in [-0.1, -0.05) is 86.3 Å². The lowest BCUT2D eigenvalue weighted by Crippen LogP contribution is -2.20. The number of aromatic nitrogens is 2. The normalized spacial score (nSPS) is 11.4. The predicted octanol–water partition coefficient (Wildman–Crippen LogP) is 10.6. The van der Waals surface area contributed by atoms with Gasteiger partial charge in [-0.05, 0) is 83.6 Å². The lowest BCUT2D eigenvalue weighted by atomic mass is 10.0. The Morgan fingerprint density at radius 1 is 0.644 bits per heavy atom. The molecule has 4 aromatic carbocycles. The smallest absolute Gasteiger partial charge is 0.385 e. The first-order chi connectivity index (χ1) is 21.9. The second-order valence-corrected chi connectivity index (χ2v) is 12.2. The van der Waals surface area contributed by atoms with Crippen LogP contribution in [0.5, 0.6) is 5.75 Å². The Hall–Kier alpha value is -4.32. The van der Waals surface area contributed by atoms with Gasteiger partial charge in [0.1, 0.15) is 0 Å². The largest absolute Gasteiger partial charge is 0.418 e. The molecule has 0 bridgehead atoms. The summed E-state index contributed by atoms with van der Waals surface area (Å²) in [5.74, 6) is -1.24. The van der Waals surface area contributed by atoms with Gasteiger partial charge in [0.2, 0.25) is 0 Å². The van der Waals surface area contributed by atoms with E-state index in [9.17, 15) is 9.59 Å². The van der Waals surface area contributed by atoms with Crippen LogP contribution in [0.15, 0.2) is 97.3 Å². The first-order valence-corrected chi connectivity index (χ1v) is 16.2. The van der Waals surface area contributed by atoms with Gasteiger partial charge < -0.3 is 13.9 Å². The van der Waals surface area contributed by atoms with Crippen molar-refractivity contribution in [3.05, 3.63) is 113 Å². The molecule has 0 saturated carbocycles. The number of esters is 1. The van der Waals surface area contributed by atoms with E-state index < -0.39 is 11.8 Å². The van der Waals surface area contributed by atoms with E-state index in [2.05, 4.69) is 23.0 Å². The summed E-state index contributed by atoms with van der Waals surface area (Å²) in [7, 11) is 0. The summed E-state index contributed by atoms with van der Waals surface area (Å²) in [6, 6.07) is 27.2. The zero-order valence-corrected chi connectivity index (χ0v) is 26.9. The van der Waals surface area contributed by atoms with E-state index in [0.717, 1.165) is 77.4 Å². The maximum atomic E-state index is 13.9. The van der Waals surface area contributed by atoms with E-state index in [4.69, 9.17) is 27.9 Å². The van der Waals surface area contributed by atoms with Crippen molar-refractivity contribution in [2.75, 3.05) is 0 Å². The molecule has 0 unspecified atom stereocenters. The molecule has 45 heavy (non-hydrogen) atoms. The molecule has 0 aliphatic carbocycles. The highest BCUT2D eigenvalue weighted by Gasteiger charge is 2.26. The fraction of sp³-hybridized carbons (Fsp3) is 0.211. The van der Waals surface area contributed by atoms with Crippen LogP contribution in [-0.2, 0) is 17.9 Å². The number of Topliss-reactive ketones (excluding diaryl/α,β-unsaturated/α-hetero) is 1. The highest BCUT2D eigenvalue weighted by molar-refractivity contribution is 6.43. The Bertz CT molecular complexity index is 2040. The van der Waals surface area contributed by atoms with Gasteiger partial charge in [-0.25, -0.2) is 4.79 Å². The van der Waals surface area contributed by atoms with Crippen LogP contribution in [0.25, 0.3) is 44.1 Å². The molecule has 0 spiro atoms. The van der Waals surface area contributed by atoms with Crippen LogP contribution in [0.2, 0.25) is 10.0 Å². The monoisotopic (exact) mass is 636 g/mol. The SMILES string of the molecule is CCCCn1cc(OC(=O)C(=O)c2cn(CCCC)c3ccc(-c4cccc(Cl)c4)cc23)c2cc(-c3cccc(Cl)c3)ccc21. The highest BCUT2D eigenvalue weighted by atomic mass is 35.5. The zero-order chi connectivity index (χ0) is 31.5. The number of hydrogen-bond donors (Lipinski definition) is 0. The molecule has 2 aromatic heterocycles. The van der Waals surface area contributed by atoms with Crippen molar-refractivity contribution in [3.8, 4) is 28.0 Å². The second-order valence-electron chi connectivity index (χ2n) is 11.3.